The van der Waals surface area contributed by atoms with Gasteiger partial charge in [0.2, 0.25) is 0 Å². The molecule has 0 spiro atoms. The molecule has 1 N–H and O–H groups in total. The van der Waals surface area contributed by atoms with Crippen LogP contribution in [0.1, 0.15) is 41.8 Å². The summed E-state index contributed by atoms with van der Waals surface area (Å²) in [5.41, 5.74) is -0.0378. The molecular formula is C18H23N5O3. The number of amides is 2. The molecule has 0 aromatic carbocycles. The number of carbonyl (C=O) groups excluding carboxylic acids is 2. The number of anilines is 1. The number of rotatable bonds is 3. The lowest BCUT2D eigenvalue weighted by Crippen LogP contribution is -2.49. The molecule has 0 bridgehead atoms. The fourth-order valence-electron chi connectivity index (χ4n) is 2.70. The highest BCUT2D eigenvalue weighted by atomic mass is 16.3. The van der Waals surface area contributed by atoms with Gasteiger partial charge in [0.1, 0.15) is 11.5 Å². The highest BCUT2D eigenvalue weighted by Crippen LogP contribution is 2.15. The van der Waals surface area contributed by atoms with Crippen molar-refractivity contribution in [1.29, 1.82) is 0 Å². The Kier molecular flexibility index (Phi) is 4.92. The largest absolute Gasteiger partial charge is 0.459 e. The van der Waals surface area contributed by atoms with Gasteiger partial charge < -0.3 is 19.5 Å². The quantitative estimate of drug-likeness (QED) is 0.896. The summed E-state index contributed by atoms with van der Waals surface area (Å²) in [6, 6.07) is 3.37. The topological polar surface area (TPSA) is 91.6 Å². The number of piperazine rings is 1. The second-order valence-electron chi connectivity index (χ2n) is 7.22. The van der Waals surface area contributed by atoms with Crippen molar-refractivity contribution >= 4 is 17.6 Å². The summed E-state index contributed by atoms with van der Waals surface area (Å²) in [6.07, 6.45) is 4.58. The fourth-order valence-corrected chi connectivity index (χ4v) is 2.70. The number of hydrogen-bond acceptors (Lipinski definition) is 6. The smallest absolute Gasteiger partial charge is 0.289 e. The zero-order chi connectivity index (χ0) is 18.7. The number of furan rings is 1. The molecule has 26 heavy (non-hydrogen) atoms. The lowest BCUT2D eigenvalue weighted by atomic mass is 10.1. The molecule has 1 aliphatic rings. The molecule has 0 saturated carbocycles. The molecule has 1 aliphatic heterocycles. The van der Waals surface area contributed by atoms with E-state index in [9.17, 15) is 9.59 Å². The maximum atomic E-state index is 12.3. The van der Waals surface area contributed by atoms with E-state index < -0.39 is 0 Å². The van der Waals surface area contributed by atoms with Crippen molar-refractivity contribution in [3.8, 4) is 0 Å². The number of nitrogens with zero attached hydrogens (tertiary/aromatic N) is 4. The van der Waals surface area contributed by atoms with E-state index >= 15 is 0 Å². The molecule has 0 aliphatic carbocycles. The van der Waals surface area contributed by atoms with Gasteiger partial charge in [0.15, 0.2) is 5.76 Å². The predicted molar refractivity (Wildman–Crippen MR) is 96.1 cm³/mol. The highest BCUT2D eigenvalue weighted by Gasteiger charge is 2.24. The van der Waals surface area contributed by atoms with Crippen LogP contribution >= 0.6 is 0 Å². The fraction of sp³-hybridized carbons (Fsp3) is 0.444. The summed E-state index contributed by atoms with van der Waals surface area (Å²) in [4.78, 5) is 36.8. The summed E-state index contributed by atoms with van der Waals surface area (Å²) in [5, 5.41) is 2.86. The molecule has 1 fully saturated rings. The number of aromatic nitrogens is 2. The first-order valence-electron chi connectivity index (χ1n) is 8.56. The van der Waals surface area contributed by atoms with E-state index in [1.165, 1.54) is 12.5 Å². The Bertz CT molecular complexity index is 757. The third kappa shape index (κ3) is 4.19. The molecule has 8 nitrogen and oxygen atoms in total. The molecule has 0 atom stereocenters. The Labute approximate surface area is 152 Å². The average Bonchev–Trinajstić information content (AvgIpc) is 3.14. The van der Waals surface area contributed by atoms with Gasteiger partial charge >= 0.3 is 0 Å². The van der Waals surface area contributed by atoms with Gasteiger partial charge in [-0.2, -0.15) is 0 Å². The summed E-state index contributed by atoms with van der Waals surface area (Å²) in [5.74, 6) is 0.704. The van der Waals surface area contributed by atoms with Crippen LogP contribution in [0.15, 0.2) is 35.2 Å². The standard InChI is InChI=1S/C18H23N5O3/c1-18(2,3)21-16(24)13-11-20-15(12-19-13)22-6-8-23(9-7-22)17(25)14-5-4-10-26-14/h4-5,10-12H,6-9H2,1-3H3,(H,21,24). The van der Waals surface area contributed by atoms with Crippen LogP contribution in [-0.2, 0) is 0 Å². The first-order chi connectivity index (χ1) is 12.3. The first-order valence-corrected chi connectivity index (χ1v) is 8.56. The maximum Gasteiger partial charge on any atom is 0.289 e. The normalized spacial score (nSPS) is 15.0. The predicted octanol–water partition coefficient (Wildman–Crippen LogP) is 1.56. The minimum absolute atomic E-state index is 0.102. The Morgan fingerprint density at radius 1 is 1.12 bits per heavy atom. The van der Waals surface area contributed by atoms with E-state index in [4.69, 9.17) is 4.42 Å². The van der Waals surface area contributed by atoms with Gasteiger partial charge in [0.25, 0.3) is 11.8 Å². The molecule has 1 saturated heterocycles. The van der Waals surface area contributed by atoms with E-state index in [2.05, 4.69) is 15.3 Å². The Hall–Kier alpha value is -2.90. The molecule has 2 aromatic heterocycles. The Morgan fingerprint density at radius 3 is 2.38 bits per heavy atom. The second-order valence-corrected chi connectivity index (χ2v) is 7.22. The zero-order valence-corrected chi connectivity index (χ0v) is 15.2. The Morgan fingerprint density at radius 2 is 1.85 bits per heavy atom. The van der Waals surface area contributed by atoms with Crippen LogP contribution in [-0.4, -0.2) is 58.4 Å². The third-order valence-electron chi connectivity index (χ3n) is 3.98. The first kappa shape index (κ1) is 17.9. The van der Waals surface area contributed by atoms with Crippen LogP contribution in [0.2, 0.25) is 0 Å². The van der Waals surface area contributed by atoms with Crippen LogP contribution in [0.3, 0.4) is 0 Å². The summed E-state index contributed by atoms with van der Waals surface area (Å²) in [6.45, 7) is 8.19. The SMILES string of the molecule is CC(C)(C)NC(=O)c1cnc(N2CCN(C(=O)c3ccco3)CC2)cn1. The van der Waals surface area contributed by atoms with Gasteiger partial charge in [0.05, 0.1) is 18.7 Å². The van der Waals surface area contributed by atoms with Gasteiger partial charge in [-0.05, 0) is 32.9 Å². The van der Waals surface area contributed by atoms with E-state index in [0.29, 0.717) is 37.8 Å². The molecule has 3 rings (SSSR count). The molecule has 2 aromatic rings. The summed E-state index contributed by atoms with van der Waals surface area (Å²) in [7, 11) is 0. The third-order valence-corrected chi connectivity index (χ3v) is 3.98. The molecule has 2 amide bonds. The van der Waals surface area contributed by atoms with E-state index in [1.54, 1.807) is 23.2 Å². The van der Waals surface area contributed by atoms with Crippen molar-refractivity contribution in [2.45, 2.75) is 26.3 Å². The lowest BCUT2D eigenvalue weighted by Gasteiger charge is -2.34. The summed E-state index contributed by atoms with van der Waals surface area (Å²) < 4.78 is 5.17. The minimum Gasteiger partial charge on any atom is -0.459 e. The van der Waals surface area contributed by atoms with Gasteiger partial charge in [0, 0.05) is 31.7 Å². The number of hydrogen-bond donors (Lipinski definition) is 1. The molecule has 0 radical (unpaired) electrons. The Balaban J connectivity index is 1.58. The van der Waals surface area contributed by atoms with E-state index in [-0.39, 0.29) is 23.0 Å². The van der Waals surface area contributed by atoms with Crippen LogP contribution in [0.5, 0.6) is 0 Å². The molecule has 0 unspecified atom stereocenters. The number of nitrogens with one attached hydrogen (secondary N) is 1. The minimum atomic E-state index is -0.325. The highest BCUT2D eigenvalue weighted by molar-refractivity contribution is 5.92. The van der Waals surface area contributed by atoms with Crippen LogP contribution in [0, 0.1) is 0 Å². The monoisotopic (exact) mass is 357 g/mol. The van der Waals surface area contributed by atoms with Crippen molar-refractivity contribution in [3.63, 3.8) is 0 Å². The van der Waals surface area contributed by atoms with Gasteiger partial charge in [-0.3, -0.25) is 9.59 Å². The molecule has 3 heterocycles. The van der Waals surface area contributed by atoms with Crippen molar-refractivity contribution in [3.05, 3.63) is 42.2 Å². The van der Waals surface area contributed by atoms with E-state index in [0.717, 1.165) is 0 Å². The van der Waals surface area contributed by atoms with Crippen molar-refractivity contribution < 1.29 is 14.0 Å². The van der Waals surface area contributed by atoms with Crippen molar-refractivity contribution in [1.82, 2.24) is 20.2 Å². The molecular weight excluding hydrogens is 334 g/mol. The average molecular weight is 357 g/mol. The molecule has 138 valence electrons. The van der Waals surface area contributed by atoms with Crippen LogP contribution < -0.4 is 10.2 Å². The lowest BCUT2D eigenvalue weighted by molar-refractivity contribution is 0.0714. The van der Waals surface area contributed by atoms with E-state index in [1.807, 2.05) is 25.7 Å². The zero-order valence-electron chi connectivity index (χ0n) is 15.2. The van der Waals surface area contributed by atoms with Crippen LogP contribution in [0.4, 0.5) is 5.82 Å². The van der Waals surface area contributed by atoms with Crippen molar-refractivity contribution in [2.24, 2.45) is 0 Å². The molecule has 8 heteroatoms. The van der Waals surface area contributed by atoms with Gasteiger partial charge in [-0.15, -0.1) is 0 Å². The van der Waals surface area contributed by atoms with Gasteiger partial charge in [-0.25, -0.2) is 9.97 Å². The summed E-state index contributed by atoms with van der Waals surface area (Å²) >= 11 is 0. The second kappa shape index (κ2) is 7.15. The number of carbonyl (C=O) groups is 2. The van der Waals surface area contributed by atoms with Gasteiger partial charge in [-0.1, -0.05) is 0 Å². The van der Waals surface area contributed by atoms with Crippen LogP contribution in [0.25, 0.3) is 0 Å². The maximum absolute atomic E-state index is 12.3. The van der Waals surface area contributed by atoms with Crippen molar-refractivity contribution in [2.75, 3.05) is 31.1 Å².